The lowest BCUT2D eigenvalue weighted by Crippen LogP contribution is -2.44. The molecule has 0 fully saturated rings. The van der Waals surface area contributed by atoms with Crippen molar-refractivity contribution in [3.8, 4) is 0 Å². The van der Waals surface area contributed by atoms with Crippen molar-refractivity contribution >= 4 is 17.2 Å². The SMILES string of the molecule is CCCN(CCC)CC(C(N)=S)C(F)(F)F. The highest BCUT2D eigenvalue weighted by molar-refractivity contribution is 7.80. The number of nitrogens with two attached hydrogens (primary N) is 1. The standard InChI is InChI=1S/C10H19F3N2S/c1-3-5-15(6-4-2)7-8(9(14)16)10(11,12)13/h8H,3-7H2,1-2H3,(H2,14,16). The number of alkyl halides is 3. The third kappa shape index (κ3) is 5.65. The fourth-order valence-electron chi connectivity index (χ4n) is 1.54. The third-order valence-corrected chi connectivity index (χ3v) is 2.54. The third-order valence-electron chi connectivity index (χ3n) is 2.26. The van der Waals surface area contributed by atoms with Crippen molar-refractivity contribution in [2.75, 3.05) is 19.6 Å². The van der Waals surface area contributed by atoms with Gasteiger partial charge in [0.1, 0.15) is 5.92 Å². The summed E-state index contributed by atoms with van der Waals surface area (Å²) < 4.78 is 37.9. The normalized spacial score (nSPS) is 14.1. The molecule has 0 aromatic carbocycles. The molecule has 0 bridgehead atoms. The molecule has 1 unspecified atom stereocenters. The zero-order valence-electron chi connectivity index (χ0n) is 9.68. The number of hydrogen-bond donors (Lipinski definition) is 1. The molecular formula is C10H19F3N2S. The van der Waals surface area contributed by atoms with Gasteiger partial charge in [-0.05, 0) is 25.9 Å². The van der Waals surface area contributed by atoms with Gasteiger partial charge in [0, 0.05) is 6.54 Å². The van der Waals surface area contributed by atoms with E-state index in [1.54, 1.807) is 4.90 Å². The topological polar surface area (TPSA) is 29.3 Å². The Morgan fingerprint density at radius 1 is 1.25 bits per heavy atom. The van der Waals surface area contributed by atoms with Gasteiger partial charge >= 0.3 is 6.18 Å². The van der Waals surface area contributed by atoms with Crippen LogP contribution in [0.2, 0.25) is 0 Å². The monoisotopic (exact) mass is 256 g/mol. The molecule has 0 heterocycles. The number of halogens is 3. The van der Waals surface area contributed by atoms with Crippen molar-refractivity contribution in [3.05, 3.63) is 0 Å². The van der Waals surface area contributed by atoms with Crippen LogP contribution >= 0.6 is 12.2 Å². The lowest BCUT2D eigenvalue weighted by atomic mass is 10.1. The minimum atomic E-state index is -4.34. The van der Waals surface area contributed by atoms with Gasteiger partial charge in [0.05, 0.1) is 4.99 Å². The zero-order chi connectivity index (χ0) is 12.8. The van der Waals surface area contributed by atoms with E-state index >= 15 is 0 Å². The number of thiocarbonyl (C=S) groups is 1. The first kappa shape index (κ1) is 15.6. The van der Waals surface area contributed by atoms with Crippen molar-refractivity contribution in [2.45, 2.75) is 32.9 Å². The molecule has 0 amide bonds. The van der Waals surface area contributed by atoms with Crippen LogP contribution in [0, 0.1) is 5.92 Å². The van der Waals surface area contributed by atoms with Crippen LogP contribution in [0.15, 0.2) is 0 Å². The first-order valence-corrected chi connectivity index (χ1v) is 5.82. The molecule has 2 nitrogen and oxygen atoms in total. The molecule has 0 aliphatic rings. The molecule has 0 aliphatic carbocycles. The smallest absolute Gasteiger partial charge is 0.393 e. The summed E-state index contributed by atoms with van der Waals surface area (Å²) in [4.78, 5) is 1.29. The van der Waals surface area contributed by atoms with E-state index in [0.29, 0.717) is 13.1 Å². The van der Waals surface area contributed by atoms with Crippen LogP contribution in [0.25, 0.3) is 0 Å². The molecule has 0 aromatic rings. The molecule has 0 aromatic heterocycles. The highest BCUT2D eigenvalue weighted by Gasteiger charge is 2.42. The van der Waals surface area contributed by atoms with Crippen molar-refractivity contribution in [1.82, 2.24) is 4.90 Å². The maximum atomic E-state index is 12.6. The van der Waals surface area contributed by atoms with Crippen LogP contribution < -0.4 is 5.73 Å². The Morgan fingerprint density at radius 2 is 1.69 bits per heavy atom. The molecule has 0 spiro atoms. The highest BCUT2D eigenvalue weighted by Crippen LogP contribution is 2.27. The van der Waals surface area contributed by atoms with Crippen LogP contribution in [0.5, 0.6) is 0 Å². The first-order valence-electron chi connectivity index (χ1n) is 5.41. The summed E-state index contributed by atoms with van der Waals surface area (Å²) in [6.45, 7) is 5.03. The van der Waals surface area contributed by atoms with Crippen molar-refractivity contribution < 1.29 is 13.2 Å². The van der Waals surface area contributed by atoms with E-state index in [2.05, 4.69) is 12.2 Å². The summed E-state index contributed by atoms with van der Waals surface area (Å²) in [5, 5.41) is 0. The van der Waals surface area contributed by atoms with Gasteiger partial charge in [-0.15, -0.1) is 0 Å². The highest BCUT2D eigenvalue weighted by atomic mass is 32.1. The zero-order valence-corrected chi connectivity index (χ0v) is 10.5. The predicted octanol–water partition coefficient (Wildman–Crippen LogP) is 2.57. The van der Waals surface area contributed by atoms with E-state index in [4.69, 9.17) is 5.73 Å². The van der Waals surface area contributed by atoms with E-state index in [9.17, 15) is 13.2 Å². The molecule has 2 N–H and O–H groups in total. The van der Waals surface area contributed by atoms with Crippen LogP contribution in [0.3, 0.4) is 0 Å². The Balaban J connectivity index is 4.51. The van der Waals surface area contributed by atoms with E-state index < -0.39 is 17.1 Å². The molecule has 0 saturated carbocycles. The Labute approximate surface area is 100.0 Å². The Hall–Kier alpha value is -0.360. The van der Waals surface area contributed by atoms with Gasteiger partial charge in [0.2, 0.25) is 0 Å². The molecule has 0 radical (unpaired) electrons. The van der Waals surface area contributed by atoms with Gasteiger partial charge in [0.25, 0.3) is 0 Å². The van der Waals surface area contributed by atoms with E-state index in [0.717, 1.165) is 12.8 Å². The van der Waals surface area contributed by atoms with Crippen LogP contribution in [-0.2, 0) is 0 Å². The molecule has 0 aliphatic heterocycles. The maximum Gasteiger partial charge on any atom is 0.399 e. The maximum absolute atomic E-state index is 12.6. The summed E-state index contributed by atoms with van der Waals surface area (Å²) in [6, 6.07) is 0. The number of rotatable bonds is 7. The molecule has 0 rings (SSSR count). The van der Waals surface area contributed by atoms with Gasteiger partial charge < -0.3 is 10.6 Å². The second kappa shape index (κ2) is 7.06. The van der Waals surface area contributed by atoms with Crippen molar-refractivity contribution in [1.29, 1.82) is 0 Å². The number of nitrogens with zero attached hydrogens (tertiary/aromatic N) is 1. The fraction of sp³-hybridized carbons (Fsp3) is 0.900. The average molecular weight is 256 g/mol. The summed E-state index contributed by atoms with van der Waals surface area (Å²) in [5.74, 6) is -1.69. The molecular weight excluding hydrogens is 237 g/mol. The van der Waals surface area contributed by atoms with Gasteiger partial charge in [-0.2, -0.15) is 13.2 Å². The van der Waals surface area contributed by atoms with Crippen molar-refractivity contribution in [2.24, 2.45) is 11.7 Å². The van der Waals surface area contributed by atoms with E-state index in [-0.39, 0.29) is 6.54 Å². The van der Waals surface area contributed by atoms with E-state index in [1.165, 1.54) is 0 Å². The molecule has 96 valence electrons. The number of hydrogen-bond acceptors (Lipinski definition) is 2. The van der Waals surface area contributed by atoms with Crippen molar-refractivity contribution in [3.63, 3.8) is 0 Å². The lowest BCUT2D eigenvalue weighted by molar-refractivity contribution is -0.159. The largest absolute Gasteiger partial charge is 0.399 e. The molecule has 0 saturated heterocycles. The summed E-state index contributed by atoms with van der Waals surface area (Å²) >= 11 is 4.48. The Kier molecular flexibility index (Phi) is 6.90. The summed E-state index contributed by atoms with van der Waals surface area (Å²) in [6.07, 6.45) is -2.70. The predicted molar refractivity (Wildman–Crippen MR) is 63.4 cm³/mol. The fourth-order valence-corrected chi connectivity index (χ4v) is 1.75. The summed E-state index contributed by atoms with van der Waals surface area (Å²) in [5.41, 5.74) is 5.15. The first-order chi connectivity index (χ1) is 7.32. The van der Waals surface area contributed by atoms with Crippen LogP contribution in [0.1, 0.15) is 26.7 Å². The minimum Gasteiger partial charge on any atom is -0.393 e. The molecule has 1 atom stereocenters. The molecule has 6 heteroatoms. The van der Waals surface area contributed by atoms with E-state index in [1.807, 2.05) is 13.8 Å². The van der Waals surface area contributed by atoms with Crippen LogP contribution in [-0.4, -0.2) is 35.7 Å². The van der Waals surface area contributed by atoms with Crippen LogP contribution in [0.4, 0.5) is 13.2 Å². The van der Waals surface area contributed by atoms with Gasteiger partial charge in [0.15, 0.2) is 0 Å². The molecule has 16 heavy (non-hydrogen) atoms. The van der Waals surface area contributed by atoms with Gasteiger partial charge in [-0.1, -0.05) is 26.1 Å². The minimum absolute atomic E-state index is 0.124. The Bertz CT molecular complexity index is 213. The lowest BCUT2D eigenvalue weighted by Gasteiger charge is -2.27. The summed E-state index contributed by atoms with van der Waals surface area (Å²) in [7, 11) is 0. The second-order valence-electron chi connectivity index (χ2n) is 3.80. The second-order valence-corrected chi connectivity index (χ2v) is 4.27. The van der Waals surface area contributed by atoms with Gasteiger partial charge in [-0.25, -0.2) is 0 Å². The van der Waals surface area contributed by atoms with Gasteiger partial charge in [-0.3, -0.25) is 0 Å². The quantitative estimate of drug-likeness (QED) is 0.710. The Morgan fingerprint density at radius 3 is 1.94 bits per heavy atom. The average Bonchev–Trinajstić information content (AvgIpc) is 2.12.